The van der Waals surface area contributed by atoms with Crippen LogP contribution in [-0.4, -0.2) is 55.2 Å². The van der Waals surface area contributed by atoms with E-state index in [1.807, 2.05) is 25.7 Å². The number of piperidine rings is 1. The van der Waals surface area contributed by atoms with E-state index in [9.17, 15) is 14.9 Å². The van der Waals surface area contributed by atoms with E-state index in [2.05, 4.69) is 44.2 Å². The normalized spacial score (nSPS) is 20.3. The maximum Gasteiger partial charge on any atom is 0.407 e. The molecule has 1 amide bonds. The number of carbonyl (C=O) groups excluding carboxylic acids is 1. The van der Waals surface area contributed by atoms with Crippen LogP contribution in [-0.2, 0) is 9.16 Å². The van der Waals surface area contributed by atoms with E-state index in [1.165, 1.54) is 6.20 Å². The zero-order valence-electron chi connectivity index (χ0n) is 19.9. The highest BCUT2D eigenvalue weighted by Crippen LogP contribution is 2.39. The minimum Gasteiger partial charge on any atom is -0.444 e. The zero-order valence-corrected chi connectivity index (χ0v) is 20.9. The molecule has 2 atom stereocenters. The maximum atomic E-state index is 12.4. The third-order valence-corrected chi connectivity index (χ3v) is 10.3. The predicted molar refractivity (Wildman–Crippen MR) is 123 cm³/mol. The summed E-state index contributed by atoms with van der Waals surface area (Å²) in [5.41, 5.74) is -0.121. The van der Waals surface area contributed by atoms with Gasteiger partial charge in [0.15, 0.2) is 8.32 Å². The van der Waals surface area contributed by atoms with Gasteiger partial charge in [-0.3, -0.25) is 15.1 Å². The summed E-state index contributed by atoms with van der Waals surface area (Å²) >= 11 is 0. The minimum atomic E-state index is -2.16. The summed E-state index contributed by atoms with van der Waals surface area (Å²) in [5, 5.41) is 14.4. The number of rotatable bonds is 5. The topological polar surface area (TPSA) is 107 Å². The largest absolute Gasteiger partial charge is 0.444 e. The summed E-state index contributed by atoms with van der Waals surface area (Å²) in [6.07, 6.45) is 2.60. The molecule has 0 aromatic carbocycles. The molecular weight excluding hydrogens is 416 g/mol. The molecule has 1 N–H and O–H groups in total. The first-order chi connectivity index (χ1) is 14.1. The van der Waals surface area contributed by atoms with Crippen LogP contribution in [0.2, 0.25) is 18.1 Å². The van der Waals surface area contributed by atoms with Crippen LogP contribution in [0.4, 0.5) is 16.2 Å². The van der Waals surface area contributed by atoms with Crippen molar-refractivity contribution in [3.05, 3.63) is 28.6 Å². The molecule has 1 aliphatic rings. The van der Waals surface area contributed by atoms with E-state index in [1.54, 1.807) is 12.3 Å². The lowest BCUT2D eigenvalue weighted by molar-refractivity contribution is -0.384. The average Bonchev–Trinajstić information content (AvgIpc) is 2.60. The van der Waals surface area contributed by atoms with Crippen LogP contribution >= 0.6 is 0 Å². The van der Waals surface area contributed by atoms with Gasteiger partial charge >= 0.3 is 11.8 Å². The quantitative estimate of drug-likeness (QED) is 0.398. The minimum absolute atomic E-state index is 0.0194. The summed E-state index contributed by atoms with van der Waals surface area (Å²) in [4.78, 5) is 29.4. The Morgan fingerprint density at radius 2 is 1.94 bits per heavy atom. The molecule has 1 aromatic rings. The number of carbonyl (C=O) groups is 1. The summed E-state index contributed by atoms with van der Waals surface area (Å²) in [6, 6.07) is 1.41. The molecule has 0 saturated carbocycles. The van der Waals surface area contributed by atoms with E-state index in [0.29, 0.717) is 25.2 Å². The van der Waals surface area contributed by atoms with Crippen molar-refractivity contribution in [2.24, 2.45) is 0 Å². The molecule has 1 saturated heterocycles. The van der Waals surface area contributed by atoms with E-state index in [0.717, 1.165) is 0 Å². The van der Waals surface area contributed by atoms with Gasteiger partial charge in [0.05, 0.1) is 17.1 Å². The monoisotopic (exact) mass is 452 g/mol. The smallest absolute Gasteiger partial charge is 0.407 e. The van der Waals surface area contributed by atoms with Crippen molar-refractivity contribution in [2.45, 2.75) is 83.8 Å². The fourth-order valence-electron chi connectivity index (χ4n) is 3.22. The Bertz CT molecular complexity index is 804. The van der Waals surface area contributed by atoms with Gasteiger partial charge in [-0.1, -0.05) is 20.8 Å². The number of ether oxygens (including phenoxy) is 1. The molecule has 9 nitrogen and oxygen atoms in total. The Labute approximate surface area is 185 Å². The molecule has 174 valence electrons. The summed E-state index contributed by atoms with van der Waals surface area (Å²) < 4.78 is 12.1. The third-order valence-electron chi connectivity index (χ3n) is 5.83. The zero-order chi connectivity index (χ0) is 23.6. The first kappa shape index (κ1) is 25.1. The second kappa shape index (κ2) is 9.11. The number of amides is 1. The van der Waals surface area contributed by atoms with Gasteiger partial charge in [0, 0.05) is 19.3 Å². The van der Waals surface area contributed by atoms with Crippen LogP contribution in [0.3, 0.4) is 0 Å². The molecule has 31 heavy (non-hydrogen) atoms. The first-order valence-corrected chi connectivity index (χ1v) is 13.5. The number of alkyl carbamates (subject to hydrolysis) is 1. The van der Waals surface area contributed by atoms with Crippen molar-refractivity contribution in [3.8, 4) is 0 Å². The van der Waals surface area contributed by atoms with E-state index in [-0.39, 0.29) is 22.9 Å². The van der Waals surface area contributed by atoms with Crippen LogP contribution in [0.25, 0.3) is 0 Å². The standard InChI is InChI=1S/C21H36N4O5Si/c1-20(2,3)29-19(26)23-15-10-12-24(16-9-11-22-13-17(16)25(27)28)14-18(15)30-31(7,8)21(4,5)6/h9,11,13,15,18H,10,12,14H2,1-8H3,(H,23,26)/t15-,18-/m1/s1. The lowest BCUT2D eigenvalue weighted by Gasteiger charge is -2.45. The fraction of sp³-hybridized carbons (Fsp3) is 0.714. The molecule has 10 heteroatoms. The van der Waals surface area contributed by atoms with Gasteiger partial charge in [0.25, 0.3) is 0 Å². The second-order valence-electron chi connectivity index (χ2n) is 10.5. The number of hydrogen-bond acceptors (Lipinski definition) is 7. The van der Waals surface area contributed by atoms with Crippen LogP contribution in [0.15, 0.2) is 18.5 Å². The van der Waals surface area contributed by atoms with Crippen molar-refractivity contribution < 1.29 is 18.9 Å². The van der Waals surface area contributed by atoms with E-state index >= 15 is 0 Å². The molecule has 0 bridgehead atoms. The third kappa shape index (κ3) is 6.64. The Morgan fingerprint density at radius 3 is 2.48 bits per heavy atom. The molecule has 0 radical (unpaired) electrons. The molecule has 1 aromatic heterocycles. The average molecular weight is 453 g/mol. The molecule has 0 aliphatic carbocycles. The van der Waals surface area contributed by atoms with Crippen LogP contribution < -0.4 is 10.2 Å². The van der Waals surface area contributed by atoms with E-state index < -0.39 is 24.9 Å². The number of aromatic nitrogens is 1. The maximum absolute atomic E-state index is 12.4. The van der Waals surface area contributed by atoms with Crippen LogP contribution in [0, 0.1) is 10.1 Å². The van der Waals surface area contributed by atoms with E-state index in [4.69, 9.17) is 9.16 Å². The molecule has 2 heterocycles. The van der Waals surface area contributed by atoms with Crippen molar-refractivity contribution in [1.29, 1.82) is 0 Å². The van der Waals surface area contributed by atoms with Gasteiger partial charge in [-0.05, 0) is 51.4 Å². The van der Waals surface area contributed by atoms with Crippen molar-refractivity contribution in [1.82, 2.24) is 10.3 Å². The molecule has 0 unspecified atom stereocenters. The lowest BCUT2D eigenvalue weighted by atomic mass is 10.0. The number of nitrogens with one attached hydrogen (secondary N) is 1. The number of nitro groups is 1. The molecule has 1 aliphatic heterocycles. The Kier molecular flexibility index (Phi) is 7.37. The van der Waals surface area contributed by atoms with Crippen LogP contribution in [0.5, 0.6) is 0 Å². The summed E-state index contributed by atoms with van der Waals surface area (Å²) in [6.45, 7) is 17.2. The fourth-order valence-corrected chi connectivity index (χ4v) is 4.57. The summed E-state index contributed by atoms with van der Waals surface area (Å²) in [7, 11) is -2.16. The first-order valence-electron chi connectivity index (χ1n) is 10.6. The van der Waals surface area contributed by atoms with Crippen LogP contribution in [0.1, 0.15) is 48.0 Å². The second-order valence-corrected chi connectivity index (χ2v) is 15.3. The molecule has 0 spiro atoms. The number of pyridine rings is 1. The van der Waals surface area contributed by atoms with Gasteiger partial charge in [0.1, 0.15) is 17.5 Å². The van der Waals surface area contributed by atoms with Crippen molar-refractivity contribution in [2.75, 3.05) is 18.0 Å². The Hall–Kier alpha value is -2.20. The highest BCUT2D eigenvalue weighted by molar-refractivity contribution is 6.74. The van der Waals surface area contributed by atoms with Gasteiger partial charge < -0.3 is 19.4 Å². The van der Waals surface area contributed by atoms with Crippen molar-refractivity contribution >= 4 is 25.8 Å². The molecule has 1 fully saturated rings. The molecule has 2 rings (SSSR count). The number of nitrogens with zero attached hydrogens (tertiary/aromatic N) is 3. The Balaban J connectivity index is 2.29. The van der Waals surface area contributed by atoms with Gasteiger partial charge in [-0.25, -0.2) is 4.79 Å². The lowest BCUT2D eigenvalue weighted by Crippen LogP contribution is -2.59. The molecular formula is C21H36N4O5Si. The van der Waals surface area contributed by atoms with Gasteiger partial charge in [0.2, 0.25) is 0 Å². The Morgan fingerprint density at radius 1 is 1.29 bits per heavy atom. The number of anilines is 1. The number of hydrogen-bond donors (Lipinski definition) is 1. The highest BCUT2D eigenvalue weighted by Gasteiger charge is 2.43. The van der Waals surface area contributed by atoms with Gasteiger partial charge in [-0.2, -0.15) is 0 Å². The SMILES string of the molecule is CC(C)(C)OC(=O)N[C@@H]1CCN(c2ccncc2[N+](=O)[O-])C[C@H]1O[Si](C)(C)C(C)(C)C. The van der Waals surface area contributed by atoms with Crippen molar-refractivity contribution in [3.63, 3.8) is 0 Å². The highest BCUT2D eigenvalue weighted by atomic mass is 28.4. The predicted octanol–water partition coefficient (Wildman–Crippen LogP) is 4.48. The van der Waals surface area contributed by atoms with Gasteiger partial charge in [-0.15, -0.1) is 0 Å². The summed E-state index contributed by atoms with van der Waals surface area (Å²) in [5.74, 6) is 0.